The van der Waals surface area contributed by atoms with Crippen LogP contribution in [0.4, 0.5) is 5.69 Å². The molecule has 1 heterocycles. The lowest BCUT2D eigenvalue weighted by molar-refractivity contribution is 0.0594. The Morgan fingerprint density at radius 2 is 1.59 bits per heavy atom. The fourth-order valence-corrected chi connectivity index (χ4v) is 2.40. The molecule has 3 rings (SSSR count). The van der Waals surface area contributed by atoms with Gasteiger partial charge in [-0.05, 0) is 61.0 Å². The maximum Gasteiger partial charge on any atom is 0.356 e. The Labute approximate surface area is 156 Å². The largest absolute Gasteiger partial charge is 0.464 e. The van der Waals surface area contributed by atoms with Crippen LogP contribution < -0.4 is 10.1 Å². The Morgan fingerprint density at radius 1 is 0.889 bits per heavy atom. The van der Waals surface area contributed by atoms with Crippen molar-refractivity contribution in [2.75, 3.05) is 12.4 Å². The summed E-state index contributed by atoms with van der Waals surface area (Å²) in [5.41, 5.74) is 1.89. The first-order chi connectivity index (χ1) is 13.0. The number of carbonyl (C=O) groups excluding carboxylic acids is 2. The summed E-state index contributed by atoms with van der Waals surface area (Å²) in [4.78, 5) is 27.9. The van der Waals surface area contributed by atoms with Crippen LogP contribution in [-0.4, -0.2) is 24.0 Å². The number of carbonyl (C=O) groups is 2. The van der Waals surface area contributed by atoms with Crippen LogP contribution in [0, 0.1) is 6.92 Å². The van der Waals surface area contributed by atoms with Crippen LogP contribution >= 0.6 is 0 Å². The highest BCUT2D eigenvalue weighted by Gasteiger charge is 2.12. The Hall–Kier alpha value is -3.67. The van der Waals surface area contributed by atoms with Crippen LogP contribution in [-0.2, 0) is 4.74 Å². The molecule has 0 bridgehead atoms. The number of benzene rings is 2. The molecule has 1 N–H and O–H groups in total. The molecule has 2 aromatic carbocycles. The number of hydrogen-bond acceptors (Lipinski definition) is 5. The van der Waals surface area contributed by atoms with Gasteiger partial charge in [-0.3, -0.25) is 4.79 Å². The minimum atomic E-state index is -0.595. The second-order valence-corrected chi connectivity index (χ2v) is 5.80. The number of amides is 1. The van der Waals surface area contributed by atoms with E-state index < -0.39 is 11.9 Å². The lowest BCUT2D eigenvalue weighted by Crippen LogP contribution is -2.15. The summed E-state index contributed by atoms with van der Waals surface area (Å²) < 4.78 is 10.4. The zero-order chi connectivity index (χ0) is 19.2. The van der Waals surface area contributed by atoms with E-state index in [9.17, 15) is 9.59 Å². The molecule has 0 saturated heterocycles. The first kappa shape index (κ1) is 18.1. The molecule has 27 heavy (non-hydrogen) atoms. The number of aryl methyl sites for hydroxylation is 1. The number of esters is 1. The molecule has 0 fully saturated rings. The average Bonchev–Trinajstić information content (AvgIpc) is 2.69. The molecule has 0 unspecified atom stereocenters. The zero-order valence-corrected chi connectivity index (χ0v) is 14.9. The van der Waals surface area contributed by atoms with E-state index in [-0.39, 0.29) is 11.4 Å². The van der Waals surface area contributed by atoms with E-state index in [1.54, 1.807) is 30.3 Å². The van der Waals surface area contributed by atoms with Gasteiger partial charge in [0.25, 0.3) is 5.91 Å². The summed E-state index contributed by atoms with van der Waals surface area (Å²) in [6, 6.07) is 19.3. The number of ether oxygens (including phenoxy) is 2. The van der Waals surface area contributed by atoms with Gasteiger partial charge in [-0.25, -0.2) is 9.78 Å². The standard InChI is InChI=1S/C21H18N2O4/c1-14-5-3-6-17(13-14)27-16-11-9-15(10-12-16)22-20(24)18-7-4-8-19(23-18)21(25)26-2/h3-13H,1-2H3,(H,22,24). The van der Waals surface area contributed by atoms with Gasteiger partial charge in [0.1, 0.15) is 22.9 Å². The second-order valence-electron chi connectivity index (χ2n) is 5.80. The number of pyridine rings is 1. The third-order valence-electron chi connectivity index (χ3n) is 3.71. The SMILES string of the molecule is COC(=O)c1cccc(C(=O)Nc2ccc(Oc3cccc(C)c3)cc2)n1. The van der Waals surface area contributed by atoms with E-state index in [0.29, 0.717) is 11.4 Å². The van der Waals surface area contributed by atoms with Crippen LogP contribution in [0.15, 0.2) is 66.7 Å². The zero-order valence-electron chi connectivity index (χ0n) is 14.9. The minimum absolute atomic E-state index is 0.0760. The highest BCUT2D eigenvalue weighted by atomic mass is 16.5. The van der Waals surface area contributed by atoms with Gasteiger partial charge >= 0.3 is 5.97 Å². The predicted octanol–water partition coefficient (Wildman–Crippen LogP) is 4.22. The van der Waals surface area contributed by atoms with Crippen LogP contribution in [0.5, 0.6) is 11.5 Å². The van der Waals surface area contributed by atoms with Gasteiger partial charge in [0.15, 0.2) is 0 Å². The van der Waals surface area contributed by atoms with Crippen LogP contribution in [0.3, 0.4) is 0 Å². The number of hydrogen-bond donors (Lipinski definition) is 1. The van der Waals surface area contributed by atoms with E-state index in [2.05, 4.69) is 15.0 Å². The minimum Gasteiger partial charge on any atom is -0.464 e. The molecule has 0 aliphatic carbocycles. The highest BCUT2D eigenvalue weighted by molar-refractivity contribution is 6.03. The summed E-state index contributed by atoms with van der Waals surface area (Å²) in [6.07, 6.45) is 0. The lowest BCUT2D eigenvalue weighted by atomic mass is 10.2. The van der Waals surface area contributed by atoms with E-state index >= 15 is 0 Å². The molecule has 0 saturated carbocycles. The van der Waals surface area contributed by atoms with Crippen molar-refractivity contribution in [3.63, 3.8) is 0 Å². The van der Waals surface area contributed by atoms with Crippen LogP contribution in [0.1, 0.15) is 26.5 Å². The topological polar surface area (TPSA) is 77.5 Å². The Bertz CT molecular complexity index is 968. The number of rotatable bonds is 5. The molecular weight excluding hydrogens is 344 g/mol. The van der Waals surface area contributed by atoms with Crippen LogP contribution in [0.25, 0.3) is 0 Å². The monoisotopic (exact) mass is 362 g/mol. The van der Waals surface area contributed by atoms with Crippen molar-refractivity contribution in [1.29, 1.82) is 0 Å². The van der Waals surface area contributed by atoms with E-state index in [1.807, 2.05) is 31.2 Å². The molecule has 6 nitrogen and oxygen atoms in total. The molecule has 136 valence electrons. The molecule has 1 amide bonds. The van der Waals surface area contributed by atoms with Crippen molar-refractivity contribution in [3.05, 3.63) is 83.7 Å². The fourth-order valence-electron chi connectivity index (χ4n) is 2.40. The predicted molar refractivity (Wildman–Crippen MR) is 101 cm³/mol. The molecule has 3 aromatic rings. The summed E-state index contributed by atoms with van der Waals surface area (Å²) in [5.74, 6) is 0.385. The molecule has 0 atom stereocenters. The third kappa shape index (κ3) is 4.70. The normalized spacial score (nSPS) is 10.1. The summed E-state index contributed by atoms with van der Waals surface area (Å²) >= 11 is 0. The number of aromatic nitrogens is 1. The molecule has 0 aliphatic rings. The van der Waals surface area contributed by atoms with Gasteiger partial charge in [0.05, 0.1) is 7.11 Å². The second kappa shape index (κ2) is 8.14. The van der Waals surface area contributed by atoms with Gasteiger partial charge in [-0.1, -0.05) is 18.2 Å². The van der Waals surface area contributed by atoms with Gasteiger partial charge < -0.3 is 14.8 Å². The quantitative estimate of drug-likeness (QED) is 0.688. The molecule has 6 heteroatoms. The molecule has 0 spiro atoms. The van der Waals surface area contributed by atoms with Crippen molar-refractivity contribution in [2.24, 2.45) is 0 Å². The van der Waals surface area contributed by atoms with Gasteiger partial charge in [-0.2, -0.15) is 0 Å². The van der Waals surface area contributed by atoms with E-state index in [1.165, 1.54) is 19.2 Å². The van der Waals surface area contributed by atoms with E-state index in [4.69, 9.17) is 4.74 Å². The Balaban J connectivity index is 1.67. The van der Waals surface area contributed by atoms with Gasteiger partial charge in [-0.15, -0.1) is 0 Å². The first-order valence-corrected chi connectivity index (χ1v) is 8.26. The van der Waals surface area contributed by atoms with Crippen molar-refractivity contribution >= 4 is 17.6 Å². The molecular formula is C21H18N2O4. The maximum absolute atomic E-state index is 12.3. The summed E-state index contributed by atoms with van der Waals surface area (Å²) in [6.45, 7) is 1.99. The first-order valence-electron chi connectivity index (χ1n) is 8.26. The number of nitrogens with zero attached hydrogens (tertiary/aromatic N) is 1. The number of nitrogens with one attached hydrogen (secondary N) is 1. The van der Waals surface area contributed by atoms with Crippen molar-refractivity contribution < 1.29 is 19.1 Å². The Kier molecular flexibility index (Phi) is 5.47. The number of methoxy groups -OCH3 is 1. The highest BCUT2D eigenvalue weighted by Crippen LogP contribution is 2.23. The third-order valence-corrected chi connectivity index (χ3v) is 3.71. The molecule has 1 aromatic heterocycles. The van der Waals surface area contributed by atoms with Crippen LogP contribution in [0.2, 0.25) is 0 Å². The summed E-state index contributed by atoms with van der Waals surface area (Å²) in [5, 5.41) is 2.73. The molecule has 0 aliphatic heterocycles. The Morgan fingerprint density at radius 3 is 2.30 bits per heavy atom. The smallest absolute Gasteiger partial charge is 0.356 e. The van der Waals surface area contributed by atoms with Gasteiger partial charge in [0, 0.05) is 5.69 Å². The maximum atomic E-state index is 12.3. The van der Waals surface area contributed by atoms with Crippen molar-refractivity contribution in [1.82, 2.24) is 4.98 Å². The average molecular weight is 362 g/mol. The fraction of sp³-hybridized carbons (Fsp3) is 0.0952. The molecule has 0 radical (unpaired) electrons. The summed E-state index contributed by atoms with van der Waals surface area (Å²) in [7, 11) is 1.26. The van der Waals surface area contributed by atoms with Gasteiger partial charge in [0.2, 0.25) is 0 Å². The van der Waals surface area contributed by atoms with E-state index in [0.717, 1.165) is 11.3 Å². The lowest BCUT2D eigenvalue weighted by Gasteiger charge is -2.09. The number of anilines is 1. The van der Waals surface area contributed by atoms with Crippen molar-refractivity contribution in [2.45, 2.75) is 6.92 Å². The van der Waals surface area contributed by atoms with Crippen molar-refractivity contribution in [3.8, 4) is 11.5 Å².